The van der Waals surface area contributed by atoms with Crippen molar-refractivity contribution in [1.29, 1.82) is 0 Å². The summed E-state index contributed by atoms with van der Waals surface area (Å²) in [6.45, 7) is 3.16. The minimum absolute atomic E-state index is 0.0638. The molecule has 0 N–H and O–H groups in total. The zero-order valence-electron chi connectivity index (χ0n) is 17.4. The number of likely N-dealkylation sites (tertiary alicyclic amines) is 1. The molecule has 2 aliphatic heterocycles. The lowest BCUT2D eigenvalue weighted by Gasteiger charge is -2.30. The lowest BCUT2D eigenvalue weighted by molar-refractivity contribution is -0.136. The fourth-order valence-corrected chi connectivity index (χ4v) is 4.78. The second kappa shape index (κ2) is 8.58. The molecule has 1 aromatic rings. The van der Waals surface area contributed by atoms with Gasteiger partial charge in [-0.3, -0.25) is 19.3 Å². The highest BCUT2D eigenvalue weighted by Crippen LogP contribution is 2.31. The van der Waals surface area contributed by atoms with Gasteiger partial charge in [0.1, 0.15) is 0 Å². The molecule has 30 heavy (non-hydrogen) atoms. The first-order chi connectivity index (χ1) is 14.5. The Bertz CT molecular complexity index is 874. The van der Waals surface area contributed by atoms with Crippen LogP contribution in [0.2, 0.25) is 0 Å². The summed E-state index contributed by atoms with van der Waals surface area (Å²) in [7, 11) is 0. The van der Waals surface area contributed by atoms with Gasteiger partial charge in [-0.15, -0.1) is 0 Å². The van der Waals surface area contributed by atoms with E-state index in [0.29, 0.717) is 24.6 Å². The smallest absolute Gasteiger partial charge is 0.338 e. The van der Waals surface area contributed by atoms with Crippen LogP contribution in [0.4, 0.5) is 0 Å². The number of esters is 1. The van der Waals surface area contributed by atoms with Crippen LogP contribution in [0.15, 0.2) is 18.2 Å². The number of rotatable bonds is 4. The van der Waals surface area contributed by atoms with E-state index in [9.17, 15) is 19.2 Å². The van der Waals surface area contributed by atoms with Crippen LogP contribution in [0.25, 0.3) is 0 Å². The Kier molecular flexibility index (Phi) is 5.88. The Hall–Kier alpha value is -2.70. The normalized spacial score (nSPS) is 22.2. The number of amides is 3. The summed E-state index contributed by atoms with van der Waals surface area (Å²) >= 11 is 0. The zero-order valence-corrected chi connectivity index (χ0v) is 17.4. The van der Waals surface area contributed by atoms with Crippen molar-refractivity contribution in [3.05, 3.63) is 34.9 Å². The Morgan fingerprint density at radius 3 is 2.47 bits per heavy atom. The van der Waals surface area contributed by atoms with Gasteiger partial charge in [0, 0.05) is 19.1 Å². The zero-order chi connectivity index (χ0) is 21.3. The summed E-state index contributed by atoms with van der Waals surface area (Å²) in [5.41, 5.74) is 0.761. The molecule has 3 aliphatic rings. The highest BCUT2D eigenvalue weighted by molar-refractivity contribution is 6.22. The first kappa shape index (κ1) is 20.6. The van der Waals surface area contributed by atoms with Crippen LogP contribution >= 0.6 is 0 Å². The van der Waals surface area contributed by atoms with E-state index in [4.69, 9.17) is 4.74 Å². The number of nitrogens with zero attached hydrogens (tertiary/aromatic N) is 2. The highest BCUT2D eigenvalue weighted by atomic mass is 16.5. The number of carbonyl (C=O) groups excluding carboxylic acids is 4. The van der Waals surface area contributed by atoms with E-state index in [2.05, 4.69) is 6.92 Å². The highest BCUT2D eigenvalue weighted by Gasteiger charge is 2.40. The van der Waals surface area contributed by atoms with Crippen LogP contribution in [-0.2, 0) is 9.53 Å². The van der Waals surface area contributed by atoms with E-state index in [0.717, 1.165) is 44.9 Å². The maximum absolute atomic E-state index is 12.9. The van der Waals surface area contributed by atoms with Crippen molar-refractivity contribution in [2.24, 2.45) is 5.92 Å². The third-order valence-corrected chi connectivity index (χ3v) is 6.43. The standard InChI is InChI=1S/C23H28N2O5/c1-15-6-5-11-24(13-15)20(26)14-30-23(29)16-9-10-18-19(12-16)22(28)25(21(18)27)17-7-3-2-4-8-17/h9-10,12,15,17H,2-8,11,13-14H2,1H3/t15-/m0/s1. The Balaban J connectivity index is 1.41. The van der Waals surface area contributed by atoms with E-state index in [1.807, 2.05) is 0 Å². The second-order valence-electron chi connectivity index (χ2n) is 8.70. The number of piperidine rings is 1. The van der Waals surface area contributed by atoms with Crippen molar-refractivity contribution < 1.29 is 23.9 Å². The molecule has 7 nitrogen and oxygen atoms in total. The quantitative estimate of drug-likeness (QED) is 0.561. The van der Waals surface area contributed by atoms with E-state index >= 15 is 0 Å². The van der Waals surface area contributed by atoms with Crippen LogP contribution in [0.1, 0.15) is 82.9 Å². The molecular formula is C23H28N2O5. The number of hydrogen-bond donors (Lipinski definition) is 0. The molecule has 3 amide bonds. The predicted molar refractivity (Wildman–Crippen MR) is 109 cm³/mol. The molecule has 1 aliphatic carbocycles. The number of fused-ring (bicyclic) bond motifs is 1. The molecule has 1 saturated carbocycles. The Labute approximate surface area is 176 Å². The van der Waals surface area contributed by atoms with Gasteiger partial charge < -0.3 is 9.64 Å². The summed E-state index contributed by atoms with van der Waals surface area (Å²) in [4.78, 5) is 53.5. The minimum Gasteiger partial charge on any atom is -0.452 e. The van der Waals surface area contributed by atoms with Gasteiger partial charge >= 0.3 is 5.97 Å². The van der Waals surface area contributed by atoms with E-state index in [1.54, 1.807) is 4.90 Å². The van der Waals surface area contributed by atoms with Crippen LogP contribution in [0, 0.1) is 5.92 Å². The number of imide groups is 1. The molecule has 7 heteroatoms. The van der Waals surface area contributed by atoms with Gasteiger partial charge in [-0.2, -0.15) is 0 Å². The summed E-state index contributed by atoms with van der Waals surface area (Å²) < 4.78 is 5.20. The maximum Gasteiger partial charge on any atom is 0.338 e. The minimum atomic E-state index is -0.660. The van der Waals surface area contributed by atoms with Crippen molar-refractivity contribution in [3.8, 4) is 0 Å². The summed E-state index contributed by atoms with van der Waals surface area (Å²) in [5.74, 6) is -1.03. The molecule has 2 fully saturated rings. The molecule has 0 bridgehead atoms. The molecule has 0 aromatic heterocycles. The summed E-state index contributed by atoms with van der Waals surface area (Å²) in [6.07, 6.45) is 6.88. The SMILES string of the molecule is C[C@H]1CCCN(C(=O)COC(=O)c2ccc3c(c2)C(=O)N(C2CCCCC2)C3=O)C1. The summed E-state index contributed by atoms with van der Waals surface area (Å²) in [5, 5.41) is 0. The van der Waals surface area contributed by atoms with Gasteiger partial charge in [-0.25, -0.2) is 4.79 Å². The van der Waals surface area contributed by atoms with Gasteiger partial charge in [-0.1, -0.05) is 26.2 Å². The number of hydrogen-bond acceptors (Lipinski definition) is 5. The first-order valence-electron chi connectivity index (χ1n) is 10.9. The van der Waals surface area contributed by atoms with Gasteiger partial charge in [0.2, 0.25) is 0 Å². The van der Waals surface area contributed by atoms with Gasteiger partial charge in [0.15, 0.2) is 6.61 Å². The van der Waals surface area contributed by atoms with Crippen molar-refractivity contribution in [3.63, 3.8) is 0 Å². The third-order valence-electron chi connectivity index (χ3n) is 6.43. The molecule has 0 spiro atoms. The first-order valence-corrected chi connectivity index (χ1v) is 10.9. The molecule has 1 aromatic carbocycles. The van der Waals surface area contributed by atoms with Gasteiger partial charge in [0.05, 0.1) is 16.7 Å². The molecule has 0 radical (unpaired) electrons. The number of benzene rings is 1. The van der Waals surface area contributed by atoms with Crippen molar-refractivity contribution in [2.45, 2.75) is 57.9 Å². The lowest BCUT2D eigenvalue weighted by Crippen LogP contribution is -2.41. The van der Waals surface area contributed by atoms with Crippen LogP contribution in [0.5, 0.6) is 0 Å². The fourth-order valence-electron chi connectivity index (χ4n) is 4.78. The monoisotopic (exact) mass is 412 g/mol. The summed E-state index contributed by atoms with van der Waals surface area (Å²) in [6, 6.07) is 4.37. The topological polar surface area (TPSA) is 84.0 Å². The van der Waals surface area contributed by atoms with Gasteiger partial charge in [-0.05, 0) is 49.8 Å². The maximum atomic E-state index is 12.9. The molecule has 4 rings (SSSR count). The lowest BCUT2D eigenvalue weighted by atomic mass is 9.94. The van der Waals surface area contributed by atoms with Crippen molar-refractivity contribution in [1.82, 2.24) is 9.80 Å². The number of ether oxygens (including phenoxy) is 1. The molecule has 1 saturated heterocycles. The molecule has 2 heterocycles. The largest absolute Gasteiger partial charge is 0.452 e. The second-order valence-corrected chi connectivity index (χ2v) is 8.70. The Morgan fingerprint density at radius 2 is 1.73 bits per heavy atom. The van der Waals surface area contributed by atoms with E-state index in [1.165, 1.54) is 23.1 Å². The van der Waals surface area contributed by atoms with E-state index < -0.39 is 5.97 Å². The molecule has 160 valence electrons. The van der Waals surface area contributed by atoms with Gasteiger partial charge in [0.25, 0.3) is 17.7 Å². The van der Waals surface area contributed by atoms with Crippen molar-refractivity contribution >= 4 is 23.7 Å². The van der Waals surface area contributed by atoms with Crippen molar-refractivity contribution in [2.75, 3.05) is 19.7 Å². The average molecular weight is 412 g/mol. The van der Waals surface area contributed by atoms with Crippen LogP contribution in [0.3, 0.4) is 0 Å². The average Bonchev–Trinajstić information content (AvgIpc) is 3.02. The Morgan fingerprint density at radius 1 is 1.00 bits per heavy atom. The van der Waals surface area contributed by atoms with Crippen LogP contribution in [-0.4, -0.2) is 59.2 Å². The molecule has 1 atom stereocenters. The fraction of sp³-hybridized carbons (Fsp3) is 0.565. The molecule has 0 unspecified atom stereocenters. The van der Waals surface area contributed by atoms with Crippen LogP contribution < -0.4 is 0 Å². The molecular weight excluding hydrogens is 384 g/mol. The third kappa shape index (κ3) is 3.98. The van der Waals surface area contributed by atoms with E-state index in [-0.39, 0.29) is 41.5 Å². The number of carbonyl (C=O) groups is 4. The predicted octanol–water partition coefficient (Wildman–Crippen LogP) is 3.03.